The van der Waals surface area contributed by atoms with Gasteiger partial charge in [-0.15, -0.1) is 0 Å². The average molecular weight is 565 g/mol. The van der Waals surface area contributed by atoms with Crippen LogP contribution < -0.4 is 5.32 Å². The monoisotopic (exact) mass is 564 g/mol. The van der Waals surface area contributed by atoms with Crippen LogP contribution in [0.15, 0.2) is 0 Å². The Kier molecular flexibility index (Phi) is 14.7. The van der Waals surface area contributed by atoms with E-state index in [1.807, 2.05) is 0 Å². The molecule has 0 bridgehead atoms. The summed E-state index contributed by atoms with van der Waals surface area (Å²) in [5.41, 5.74) is 0. The van der Waals surface area contributed by atoms with Gasteiger partial charge in [0.25, 0.3) is 0 Å². The first-order valence-electron chi connectivity index (χ1n) is 13.9. The summed E-state index contributed by atoms with van der Waals surface area (Å²) in [6.07, 6.45) is -5.56. The van der Waals surface area contributed by atoms with Gasteiger partial charge in [-0.2, -0.15) is 0 Å². The number of hydrogen-bond acceptors (Lipinski definition) is 12. The number of carbonyl (C=O) groups is 2. The van der Waals surface area contributed by atoms with Gasteiger partial charge in [0.05, 0.1) is 25.4 Å². The molecule has 2 saturated heterocycles. The van der Waals surface area contributed by atoms with Crippen LogP contribution in [0.3, 0.4) is 0 Å². The molecule has 0 aromatic heterocycles. The van der Waals surface area contributed by atoms with Crippen LogP contribution in [0.1, 0.15) is 59.3 Å². The predicted molar refractivity (Wildman–Crippen MR) is 138 cm³/mol. The van der Waals surface area contributed by atoms with Crippen molar-refractivity contribution in [3.63, 3.8) is 0 Å². The summed E-state index contributed by atoms with van der Waals surface area (Å²) >= 11 is 0. The van der Waals surface area contributed by atoms with Crippen molar-refractivity contribution in [2.24, 2.45) is 0 Å². The molecule has 0 saturated carbocycles. The maximum absolute atomic E-state index is 11.6. The number of Topliss-reactive ketones (excluding diaryl/α,β-unsaturated/α-hetero) is 1. The topological polar surface area (TPSA) is 198 Å². The summed E-state index contributed by atoms with van der Waals surface area (Å²) in [5.74, 6) is -0.278. The third kappa shape index (κ3) is 10.6. The predicted octanol–water partition coefficient (Wildman–Crippen LogP) is -1.95. The van der Waals surface area contributed by atoms with E-state index >= 15 is 0 Å². The van der Waals surface area contributed by atoms with Gasteiger partial charge in [-0.25, -0.2) is 0 Å². The lowest BCUT2D eigenvalue weighted by Crippen LogP contribution is -2.64. The second-order valence-corrected chi connectivity index (χ2v) is 10.7. The molecular formula is C26H48N2O11. The third-order valence-electron chi connectivity index (χ3n) is 7.36. The lowest BCUT2D eigenvalue weighted by atomic mass is 9.93. The Labute approximate surface area is 230 Å². The molecule has 2 heterocycles. The molecule has 0 spiro atoms. The quantitative estimate of drug-likeness (QED) is 0.102. The molecule has 0 aromatic carbocycles. The van der Waals surface area contributed by atoms with Gasteiger partial charge in [0.1, 0.15) is 48.4 Å². The third-order valence-corrected chi connectivity index (χ3v) is 7.36. The van der Waals surface area contributed by atoms with E-state index in [0.717, 1.165) is 19.3 Å². The Bertz CT molecular complexity index is 745. The van der Waals surface area contributed by atoms with Crippen molar-refractivity contribution in [1.82, 2.24) is 10.2 Å². The van der Waals surface area contributed by atoms with E-state index in [2.05, 4.69) is 10.2 Å². The number of nitrogens with zero attached hydrogens (tertiary/aromatic N) is 1. The minimum absolute atomic E-state index is 0.155. The molecular weight excluding hydrogens is 516 g/mol. The first-order valence-corrected chi connectivity index (χ1v) is 13.9. The highest BCUT2D eigenvalue weighted by atomic mass is 16.7. The van der Waals surface area contributed by atoms with Crippen LogP contribution >= 0.6 is 0 Å². The molecule has 39 heavy (non-hydrogen) atoms. The zero-order chi connectivity index (χ0) is 29.1. The van der Waals surface area contributed by atoms with Crippen LogP contribution in [0.25, 0.3) is 0 Å². The molecule has 0 aromatic rings. The molecule has 228 valence electrons. The van der Waals surface area contributed by atoms with Crippen molar-refractivity contribution >= 4 is 11.7 Å². The van der Waals surface area contributed by atoms with Crippen molar-refractivity contribution in [2.75, 3.05) is 32.8 Å². The van der Waals surface area contributed by atoms with E-state index in [-0.39, 0.29) is 12.4 Å². The van der Waals surface area contributed by atoms with Gasteiger partial charge in [-0.3, -0.25) is 4.79 Å². The molecule has 13 nitrogen and oxygen atoms in total. The van der Waals surface area contributed by atoms with Crippen LogP contribution in [0.2, 0.25) is 0 Å². The van der Waals surface area contributed by atoms with Crippen LogP contribution in [-0.2, 0) is 23.8 Å². The van der Waals surface area contributed by atoms with Gasteiger partial charge >= 0.3 is 0 Å². The molecule has 0 radical (unpaired) electrons. The summed E-state index contributed by atoms with van der Waals surface area (Å²) in [6, 6.07) is -1.02. The lowest BCUT2D eigenvalue weighted by molar-refractivity contribution is -0.270. The van der Waals surface area contributed by atoms with Gasteiger partial charge in [0.15, 0.2) is 6.29 Å². The zero-order valence-electron chi connectivity index (χ0n) is 23.2. The van der Waals surface area contributed by atoms with Gasteiger partial charge in [-0.1, -0.05) is 6.42 Å². The average Bonchev–Trinajstić information content (AvgIpc) is 2.88. The van der Waals surface area contributed by atoms with Crippen LogP contribution in [0.4, 0.5) is 0 Å². The van der Waals surface area contributed by atoms with E-state index in [0.29, 0.717) is 38.9 Å². The maximum atomic E-state index is 11.6. The largest absolute Gasteiger partial charge is 0.394 e. The molecule has 1 amide bonds. The Morgan fingerprint density at radius 2 is 1.49 bits per heavy atom. The minimum Gasteiger partial charge on any atom is -0.394 e. The Hall–Kier alpha value is -1.26. The second kappa shape index (κ2) is 16.9. The zero-order valence-corrected chi connectivity index (χ0v) is 23.2. The fourth-order valence-electron chi connectivity index (χ4n) is 5.02. The van der Waals surface area contributed by atoms with Gasteiger partial charge in [-0.05, 0) is 52.6 Å². The highest BCUT2D eigenvalue weighted by Crippen LogP contribution is 2.25. The van der Waals surface area contributed by atoms with Gasteiger partial charge in [0.2, 0.25) is 5.91 Å². The summed E-state index contributed by atoms with van der Waals surface area (Å²) in [7, 11) is 0. The van der Waals surface area contributed by atoms with Gasteiger partial charge < -0.3 is 59.9 Å². The van der Waals surface area contributed by atoms with E-state index in [4.69, 9.17) is 14.2 Å². The van der Waals surface area contributed by atoms with Crippen molar-refractivity contribution in [3.8, 4) is 0 Å². The number of ketones is 1. The van der Waals surface area contributed by atoms with E-state index in [9.17, 15) is 40.2 Å². The number of unbranched alkanes of at least 4 members (excludes halogenated alkanes) is 2. The van der Waals surface area contributed by atoms with E-state index in [1.165, 1.54) is 6.92 Å². The van der Waals surface area contributed by atoms with E-state index in [1.54, 1.807) is 13.8 Å². The summed E-state index contributed by atoms with van der Waals surface area (Å²) in [4.78, 5) is 25.0. The van der Waals surface area contributed by atoms with Crippen LogP contribution in [-0.4, -0.2) is 141 Å². The van der Waals surface area contributed by atoms with Gasteiger partial charge in [0, 0.05) is 19.9 Å². The molecule has 13 heteroatoms. The molecule has 0 unspecified atom stereocenters. The number of rotatable bonds is 16. The van der Waals surface area contributed by atoms with E-state index < -0.39 is 73.7 Å². The number of aliphatic hydroxyl groups is 6. The second-order valence-electron chi connectivity index (χ2n) is 10.7. The molecule has 7 N–H and O–H groups in total. The fourth-order valence-corrected chi connectivity index (χ4v) is 5.02. The fraction of sp³-hybridized carbons (Fsp3) is 0.923. The SMILES string of the molecule is CC(=O)CCCCCN(CCC[C@@H]1O[C@@H](C)[C@@H](O)[C@@H](O)[C@@H]1O)CCO[C@@H]1O[C@H](CO)[C@@H](O)[C@H](O)[C@H]1NC(C)=O. The van der Waals surface area contributed by atoms with Crippen molar-refractivity contribution < 1.29 is 54.4 Å². The number of carbonyl (C=O) groups excluding carboxylic acids is 2. The Balaban J connectivity index is 1.93. The van der Waals surface area contributed by atoms with Crippen molar-refractivity contribution in [2.45, 2.75) is 120 Å². The smallest absolute Gasteiger partial charge is 0.217 e. The number of aliphatic hydroxyl groups excluding tert-OH is 6. The highest BCUT2D eigenvalue weighted by Gasteiger charge is 2.45. The molecule has 0 aliphatic carbocycles. The molecule has 2 aliphatic heterocycles. The highest BCUT2D eigenvalue weighted by molar-refractivity contribution is 5.75. The summed E-state index contributed by atoms with van der Waals surface area (Å²) in [5, 5.41) is 62.9. The standard InChI is InChI=1S/C26H48N2O11/c1-15(30)8-5-4-6-10-28(11-7-9-18-22(33)25(36)21(32)16(2)38-18)12-13-37-26-20(27-17(3)31)24(35)23(34)19(14-29)39-26/h16,18-26,29,32-36H,4-14H2,1-3H3,(H,27,31)/t16-,18-,19+,20+,21+,22+,23+,24+,25+,26+/m0/s1. The molecule has 2 rings (SSSR count). The molecule has 2 fully saturated rings. The first-order chi connectivity index (χ1) is 18.5. The van der Waals surface area contributed by atoms with Crippen molar-refractivity contribution in [3.05, 3.63) is 0 Å². The summed E-state index contributed by atoms with van der Waals surface area (Å²) in [6.45, 7) is 5.93. The van der Waals surface area contributed by atoms with Crippen LogP contribution in [0.5, 0.6) is 0 Å². The lowest BCUT2D eigenvalue weighted by Gasteiger charge is -2.42. The van der Waals surface area contributed by atoms with Crippen molar-refractivity contribution in [1.29, 1.82) is 0 Å². The Morgan fingerprint density at radius 1 is 0.821 bits per heavy atom. The number of ether oxygens (including phenoxy) is 3. The number of hydrogen-bond donors (Lipinski definition) is 7. The normalized spacial score (nSPS) is 35.2. The molecule has 2 aliphatic rings. The molecule has 10 atom stereocenters. The number of amides is 1. The summed E-state index contributed by atoms with van der Waals surface area (Å²) < 4.78 is 17.2. The maximum Gasteiger partial charge on any atom is 0.217 e. The minimum atomic E-state index is -1.39. The first kappa shape index (κ1) is 33.9. The Morgan fingerprint density at radius 3 is 2.13 bits per heavy atom. The van der Waals surface area contributed by atoms with Crippen LogP contribution in [0, 0.1) is 0 Å². The number of nitrogens with one attached hydrogen (secondary N) is 1.